The van der Waals surface area contributed by atoms with E-state index in [9.17, 15) is 9.59 Å². The fourth-order valence-electron chi connectivity index (χ4n) is 4.22. The molecule has 2 heterocycles. The first-order chi connectivity index (χ1) is 11.3. The van der Waals surface area contributed by atoms with Gasteiger partial charge in [0.2, 0.25) is 11.8 Å². The maximum atomic E-state index is 13.0. The van der Waals surface area contributed by atoms with Crippen LogP contribution in [-0.2, 0) is 14.3 Å². The number of carbonyl (C=O) groups is 2. The second-order valence-electron chi connectivity index (χ2n) is 7.17. The van der Waals surface area contributed by atoms with Gasteiger partial charge in [0.25, 0.3) is 0 Å². The predicted octanol–water partition coefficient (Wildman–Crippen LogP) is 2.20. The van der Waals surface area contributed by atoms with Crippen molar-refractivity contribution >= 4 is 11.8 Å². The van der Waals surface area contributed by atoms with Crippen molar-refractivity contribution in [1.29, 1.82) is 0 Å². The Kier molecular flexibility index (Phi) is 5.92. The summed E-state index contributed by atoms with van der Waals surface area (Å²) in [6.07, 6.45) is 9.93. The Labute approximate surface area is 139 Å². The van der Waals surface area contributed by atoms with E-state index in [1.54, 1.807) is 0 Å². The largest absolute Gasteiger partial charge is 0.378 e. The van der Waals surface area contributed by atoms with Crippen molar-refractivity contribution in [3.05, 3.63) is 0 Å². The highest BCUT2D eigenvalue weighted by Crippen LogP contribution is 2.28. The molecule has 0 bridgehead atoms. The molecule has 0 aromatic heterocycles. The highest BCUT2D eigenvalue weighted by Gasteiger charge is 2.38. The van der Waals surface area contributed by atoms with Crippen molar-refractivity contribution in [2.45, 2.75) is 63.8 Å². The molecular formula is C18H30N2O3. The van der Waals surface area contributed by atoms with E-state index in [1.807, 2.05) is 9.80 Å². The number of morpholine rings is 1. The molecule has 3 rings (SSSR count). The van der Waals surface area contributed by atoms with E-state index >= 15 is 0 Å². The number of ether oxygens (including phenoxy) is 1. The Hall–Kier alpha value is -1.10. The van der Waals surface area contributed by atoms with Crippen LogP contribution in [0.15, 0.2) is 0 Å². The molecule has 1 saturated carbocycles. The number of carbonyl (C=O) groups excluding carboxylic acids is 2. The standard InChI is InChI=1S/C18H30N2O3/c21-17(15-7-4-2-1-3-5-8-15)20-10-6-9-16(20)18(22)19-11-13-23-14-12-19/h15-16H,1-14H2/t16-/m1/s1. The molecule has 0 aromatic rings. The lowest BCUT2D eigenvalue weighted by molar-refractivity contribution is -0.148. The van der Waals surface area contributed by atoms with Gasteiger partial charge in [-0.25, -0.2) is 0 Å². The van der Waals surface area contributed by atoms with Crippen LogP contribution in [0, 0.1) is 5.92 Å². The molecule has 5 heteroatoms. The maximum Gasteiger partial charge on any atom is 0.245 e. The molecule has 2 aliphatic heterocycles. The third-order valence-electron chi connectivity index (χ3n) is 5.60. The molecule has 0 radical (unpaired) electrons. The molecule has 2 amide bonds. The summed E-state index contributed by atoms with van der Waals surface area (Å²) in [5, 5.41) is 0. The Morgan fingerprint density at radius 3 is 2.09 bits per heavy atom. The number of likely N-dealkylation sites (tertiary alicyclic amines) is 1. The highest BCUT2D eigenvalue weighted by molar-refractivity contribution is 5.89. The molecule has 1 atom stereocenters. The minimum Gasteiger partial charge on any atom is -0.378 e. The van der Waals surface area contributed by atoms with Crippen molar-refractivity contribution in [2.75, 3.05) is 32.8 Å². The van der Waals surface area contributed by atoms with Crippen LogP contribution < -0.4 is 0 Å². The maximum absolute atomic E-state index is 13.0. The van der Waals surface area contributed by atoms with Crippen molar-refractivity contribution in [2.24, 2.45) is 5.92 Å². The van der Waals surface area contributed by atoms with Crippen molar-refractivity contribution in [3.63, 3.8) is 0 Å². The fraction of sp³-hybridized carbons (Fsp3) is 0.889. The van der Waals surface area contributed by atoms with Gasteiger partial charge in [0, 0.05) is 25.6 Å². The summed E-state index contributed by atoms with van der Waals surface area (Å²) in [4.78, 5) is 29.6. The van der Waals surface area contributed by atoms with Gasteiger partial charge in [0.15, 0.2) is 0 Å². The van der Waals surface area contributed by atoms with Gasteiger partial charge >= 0.3 is 0 Å². The molecule has 23 heavy (non-hydrogen) atoms. The summed E-state index contributed by atoms with van der Waals surface area (Å²) in [6, 6.07) is -0.217. The van der Waals surface area contributed by atoms with E-state index in [2.05, 4.69) is 0 Å². The zero-order valence-corrected chi connectivity index (χ0v) is 14.2. The third kappa shape index (κ3) is 4.06. The third-order valence-corrected chi connectivity index (χ3v) is 5.60. The molecule has 0 spiro atoms. The zero-order chi connectivity index (χ0) is 16.1. The summed E-state index contributed by atoms with van der Waals surface area (Å²) >= 11 is 0. The lowest BCUT2D eigenvalue weighted by Crippen LogP contribution is -2.52. The quantitative estimate of drug-likeness (QED) is 0.783. The van der Waals surface area contributed by atoms with Gasteiger partial charge in [-0.1, -0.05) is 32.1 Å². The SMILES string of the molecule is O=C([C@H]1CCCN1C(=O)C1CCCCCCC1)N1CCOCC1. The first kappa shape index (κ1) is 16.7. The average Bonchev–Trinajstić information content (AvgIpc) is 3.03. The van der Waals surface area contributed by atoms with Crippen LogP contribution in [0.5, 0.6) is 0 Å². The number of hydrogen-bond donors (Lipinski definition) is 0. The van der Waals surface area contributed by atoms with Gasteiger partial charge in [-0.05, 0) is 25.7 Å². The van der Waals surface area contributed by atoms with Crippen molar-refractivity contribution < 1.29 is 14.3 Å². The predicted molar refractivity (Wildman–Crippen MR) is 87.9 cm³/mol. The summed E-state index contributed by atoms with van der Waals surface area (Å²) in [7, 11) is 0. The fourth-order valence-corrected chi connectivity index (χ4v) is 4.22. The van der Waals surface area contributed by atoms with Crippen LogP contribution in [0.1, 0.15) is 57.8 Å². The molecule has 0 N–H and O–H groups in total. The molecular weight excluding hydrogens is 292 g/mol. The van der Waals surface area contributed by atoms with Crippen LogP contribution in [0.2, 0.25) is 0 Å². The van der Waals surface area contributed by atoms with Gasteiger partial charge in [-0.3, -0.25) is 9.59 Å². The van der Waals surface area contributed by atoms with E-state index in [-0.39, 0.29) is 23.8 Å². The Morgan fingerprint density at radius 2 is 1.39 bits per heavy atom. The first-order valence-corrected chi connectivity index (χ1v) is 9.44. The number of nitrogens with zero attached hydrogens (tertiary/aromatic N) is 2. The van der Waals surface area contributed by atoms with Crippen LogP contribution in [0.3, 0.4) is 0 Å². The van der Waals surface area contributed by atoms with Crippen molar-refractivity contribution in [3.8, 4) is 0 Å². The van der Waals surface area contributed by atoms with Gasteiger partial charge < -0.3 is 14.5 Å². The van der Waals surface area contributed by atoms with Crippen LogP contribution >= 0.6 is 0 Å². The number of hydrogen-bond acceptors (Lipinski definition) is 3. The minimum atomic E-state index is -0.217. The second-order valence-corrected chi connectivity index (χ2v) is 7.17. The lowest BCUT2D eigenvalue weighted by Gasteiger charge is -2.34. The summed E-state index contributed by atoms with van der Waals surface area (Å²) in [5.74, 6) is 0.536. The second kappa shape index (κ2) is 8.13. The van der Waals surface area contributed by atoms with Gasteiger partial charge in [-0.2, -0.15) is 0 Å². The molecule has 5 nitrogen and oxygen atoms in total. The van der Waals surface area contributed by atoms with Crippen LogP contribution in [0.4, 0.5) is 0 Å². The molecule has 1 aliphatic carbocycles. The van der Waals surface area contributed by atoms with Crippen molar-refractivity contribution in [1.82, 2.24) is 9.80 Å². The van der Waals surface area contributed by atoms with Gasteiger partial charge in [-0.15, -0.1) is 0 Å². The first-order valence-electron chi connectivity index (χ1n) is 9.44. The smallest absolute Gasteiger partial charge is 0.245 e. The van der Waals surface area contributed by atoms with Gasteiger partial charge in [0.1, 0.15) is 6.04 Å². The van der Waals surface area contributed by atoms with E-state index in [0.717, 1.165) is 45.1 Å². The normalized spacial score (nSPS) is 27.6. The molecule has 3 fully saturated rings. The molecule has 0 unspecified atom stereocenters. The minimum absolute atomic E-state index is 0.144. The Morgan fingerprint density at radius 1 is 0.739 bits per heavy atom. The highest BCUT2D eigenvalue weighted by atomic mass is 16.5. The van der Waals surface area contributed by atoms with E-state index in [1.165, 1.54) is 19.3 Å². The summed E-state index contributed by atoms with van der Waals surface area (Å²) < 4.78 is 5.33. The summed E-state index contributed by atoms with van der Waals surface area (Å²) in [6.45, 7) is 3.34. The van der Waals surface area contributed by atoms with Gasteiger partial charge in [0.05, 0.1) is 13.2 Å². The summed E-state index contributed by atoms with van der Waals surface area (Å²) in [5.41, 5.74) is 0. The van der Waals surface area contributed by atoms with Crippen LogP contribution in [-0.4, -0.2) is 60.5 Å². The zero-order valence-electron chi connectivity index (χ0n) is 14.2. The molecule has 130 valence electrons. The number of amides is 2. The van der Waals surface area contributed by atoms with E-state index in [0.29, 0.717) is 26.3 Å². The Bertz CT molecular complexity index is 412. The average molecular weight is 322 g/mol. The topological polar surface area (TPSA) is 49.9 Å². The number of rotatable bonds is 2. The lowest BCUT2D eigenvalue weighted by atomic mass is 9.90. The monoisotopic (exact) mass is 322 g/mol. The Balaban J connectivity index is 1.62. The molecule has 3 aliphatic rings. The van der Waals surface area contributed by atoms with E-state index < -0.39 is 0 Å². The molecule has 0 aromatic carbocycles. The van der Waals surface area contributed by atoms with Crippen LogP contribution in [0.25, 0.3) is 0 Å². The molecule has 2 saturated heterocycles. The van der Waals surface area contributed by atoms with E-state index in [4.69, 9.17) is 4.74 Å².